The number of carboxylic acids is 1. The summed E-state index contributed by atoms with van der Waals surface area (Å²) in [5, 5.41) is 8.98. The van der Waals surface area contributed by atoms with Gasteiger partial charge in [0, 0.05) is 0 Å². The summed E-state index contributed by atoms with van der Waals surface area (Å²) in [7, 11) is 1.50. The van der Waals surface area contributed by atoms with Gasteiger partial charge in [-0.15, -0.1) is 0 Å². The van der Waals surface area contributed by atoms with Crippen molar-refractivity contribution >= 4 is 21.9 Å². The lowest BCUT2D eigenvalue weighted by Crippen LogP contribution is -2.03. The fourth-order valence-electron chi connectivity index (χ4n) is 1.69. The molecule has 1 aromatic carbocycles. The normalized spacial score (nSPS) is 10.3. The number of carbonyl (C=O) groups is 1. The van der Waals surface area contributed by atoms with Gasteiger partial charge in [0.1, 0.15) is 0 Å². The molecule has 0 heterocycles. The highest BCUT2D eigenvalue weighted by Crippen LogP contribution is 2.36. The van der Waals surface area contributed by atoms with Gasteiger partial charge in [-0.25, -0.2) is 4.79 Å². The molecular weight excluding hydrogens is 312 g/mol. The molecule has 0 aliphatic rings. The van der Waals surface area contributed by atoms with Gasteiger partial charge in [-0.2, -0.15) is 0 Å². The second-order valence-electron chi connectivity index (χ2n) is 4.20. The number of halogens is 1. The van der Waals surface area contributed by atoms with E-state index in [-0.39, 0.29) is 5.56 Å². The summed E-state index contributed by atoms with van der Waals surface area (Å²) in [6.45, 7) is 2.76. The van der Waals surface area contributed by atoms with E-state index >= 15 is 0 Å². The third-order valence-electron chi connectivity index (χ3n) is 2.72. The first kappa shape index (κ1) is 15.8. The first-order chi connectivity index (χ1) is 9.10. The summed E-state index contributed by atoms with van der Waals surface area (Å²) in [5.74, 6) is -0.000221. The van der Waals surface area contributed by atoms with Crippen LogP contribution in [-0.2, 0) is 0 Å². The number of ether oxygens (including phenoxy) is 2. The average Bonchev–Trinajstić information content (AvgIpc) is 2.39. The van der Waals surface area contributed by atoms with E-state index in [4.69, 9.17) is 14.6 Å². The van der Waals surface area contributed by atoms with Crippen molar-refractivity contribution < 1.29 is 19.4 Å². The number of rotatable bonds is 8. The van der Waals surface area contributed by atoms with E-state index in [0.717, 1.165) is 12.8 Å². The number of benzene rings is 1. The second kappa shape index (κ2) is 8.04. The first-order valence-electron chi connectivity index (χ1n) is 6.33. The number of hydrogen-bond acceptors (Lipinski definition) is 3. The lowest BCUT2D eigenvalue weighted by Gasteiger charge is -2.13. The van der Waals surface area contributed by atoms with E-state index in [2.05, 4.69) is 22.9 Å². The molecule has 0 bridgehead atoms. The summed E-state index contributed by atoms with van der Waals surface area (Å²) in [6, 6.07) is 2.99. The highest BCUT2D eigenvalue weighted by molar-refractivity contribution is 9.10. The molecule has 0 amide bonds. The molecule has 0 aliphatic carbocycles. The number of hydrogen-bond donors (Lipinski definition) is 1. The molecular formula is C14H19BrO4. The lowest BCUT2D eigenvalue weighted by molar-refractivity contribution is 0.0696. The van der Waals surface area contributed by atoms with Gasteiger partial charge in [0.15, 0.2) is 11.5 Å². The minimum absolute atomic E-state index is 0.169. The van der Waals surface area contributed by atoms with Crippen molar-refractivity contribution in [2.24, 2.45) is 0 Å². The minimum atomic E-state index is -0.992. The largest absolute Gasteiger partial charge is 0.493 e. The molecule has 0 fully saturated rings. The van der Waals surface area contributed by atoms with E-state index in [0.29, 0.717) is 22.6 Å². The molecule has 0 aliphatic heterocycles. The highest BCUT2D eigenvalue weighted by atomic mass is 79.9. The van der Waals surface area contributed by atoms with Crippen LogP contribution in [0.3, 0.4) is 0 Å². The Balaban J connectivity index is 2.74. The summed E-state index contributed by atoms with van der Waals surface area (Å²) in [4.78, 5) is 10.9. The Labute approximate surface area is 121 Å². The molecule has 106 valence electrons. The van der Waals surface area contributed by atoms with Crippen molar-refractivity contribution in [2.45, 2.75) is 32.6 Å². The summed E-state index contributed by atoms with van der Waals surface area (Å²) < 4.78 is 11.4. The van der Waals surface area contributed by atoms with Crippen molar-refractivity contribution in [2.75, 3.05) is 13.7 Å². The van der Waals surface area contributed by atoms with Crippen LogP contribution in [0.2, 0.25) is 0 Å². The van der Waals surface area contributed by atoms with Gasteiger partial charge in [0.25, 0.3) is 0 Å². The number of aromatic carboxylic acids is 1. The van der Waals surface area contributed by atoms with Crippen LogP contribution in [-0.4, -0.2) is 24.8 Å². The van der Waals surface area contributed by atoms with Crippen LogP contribution in [0, 0.1) is 0 Å². The molecule has 0 aromatic heterocycles. The van der Waals surface area contributed by atoms with E-state index in [1.54, 1.807) is 0 Å². The topological polar surface area (TPSA) is 55.8 Å². The fraction of sp³-hybridized carbons (Fsp3) is 0.500. The van der Waals surface area contributed by atoms with Crippen LogP contribution in [0.1, 0.15) is 43.0 Å². The van der Waals surface area contributed by atoms with Crippen molar-refractivity contribution in [3.8, 4) is 11.5 Å². The number of unbranched alkanes of at least 4 members (excludes halogenated alkanes) is 3. The standard InChI is InChI=1S/C14H19BrO4/c1-3-4-5-6-7-19-13-11(15)8-10(14(16)17)9-12(13)18-2/h8-9H,3-7H2,1-2H3,(H,16,17). The highest BCUT2D eigenvalue weighted by Gasteiger charge is 2.14. The smallest absolute Gasteiger partial charge is 0.335 e. The lowest BCUT2D eigenvalue weighted by atomic mass is 10.2. The Kier molecular flexibility index (Phi) is 6.70. The summed E-state index contributed by atoms with van der Waals surface area (Å²) in [6.07, 6.45) is 4.48. The van der Waals surface area contributed by atoms with Gasteiger partial charge in [-0.1, -0.05) is 26.2 Å². The maximum Gasteiger partial charge on any atom is 0.335 e. The predicted octanol–water partition coefficient (Wildman–Crippen LogP) is 4.12. The average molecular weight is 331 g/mol. The van der Waals surface area contributed by atoms with Gasteiger partial charge in [0.05, 0.1) is 23.8 Å². The molecule has 19 heavy (non-hydrogen) atoms. The van der Waals surface area contributed by atoms with Crippen molar-refractivity contribution in [1.82, 2.24) is 0 Å². The van der Waals surface area contributed by atoms with Gasteiger partial charge >= 0.3 is 5.97 Å². The predicted molar refractivity (Wildman–Crippen MR) is 77.3 cm³/mol. The van der Waals surface area contributed by atoms with Crippen LogP contribution in [0.15, 0.2) is 16.6 Å². The molecule has 0 unspecified atom stereocenters. The Hall–Kier alpha value is -1.23. The number of methoxy groups -OCH3 is 1. The Bertz CT molecular complexity index is 432. The molecule has 0 radical (unpaired) electrons. The van der Waals surface area contributed by atoms with Crippen LogP contribution in [0.5, 0.6) is 11.5 Å². The zero-order chi connectivity index (χ0) is 14.3. The van der Waals surface area contributed by atoms with E-state index < -0.39 is 5.97 Å². The molecule has 0 atom stereocenters. The van der Waals surface area contributed by atoms with E-state index in [9.17, 15) is 4.79 Å². The fourth-order valence-corrected chi connectivity index (χ4v) is 2.24. The van der Waals surface area contributed by atoms with Gasteiger partial charge in [-0.05, 0) is 34.5 Å². The zero-order valence-electron chi connectivity index (χ0n) is 11.2. The summed E-state index contributed by atoms with van der Waals surface area (Å²) in [5.41, 5.74) is 0.169. The van der Waals surface area contributed by atoms with E-state index in [1.165, 1.54) is 32.1 Å². The van der Waals surface area contributed by atoms with Crippen LogP contribution < -0.4 is 9.47 Å². The second-order valence-corrected chi connectivity index (χ2v) is 5.06. The molecule has 4 nitrogen and oxygen atoms in total. The third-order valence-corrected chi connectivity index (χ3v) is 3.31. The van der Waals surface area contributed by atoms with Crippen LogP contribution in [0.25, 0.3) is 0 Å². The van der Waals surface area contributed by atoms with Crippen molar-refractivity contribution in [1.29, 1.82) is 0 Å². The maximum atomic E-state index is 10.9. The molecule has 5 heteroatoms. The SMILES string of the molecule is CCCCCCOc1c(Br)cc(C(=O)O)cc1OC. The summed E-state index contributed by atoms with van der Waals surface area (Å²) >= 11 is 3.32. The van der Waals surface area contributed by atoms with Gasteiger partial charge in [0.2, 0.25) is 0 Å². The molecule has 0 saturated heterocycles. The van der Waals surface area contributed by atoms with Gasteiger partial charge < -0.3 is 14.6 Å². The molecule has 1 rings (SSSR count). The van der Waals surface area contributed by atoms with Crippen molar-refractivity contribution in [3.63, 3.8) is 0 Å². The first-order valence-corrected chi connectivity index (χ1v) is 7.13. The molecule has 0 spiro atoms. The Morgan fingerprint density at radius 3 is 2.63 bits per heavy atom. The number of carboxylic acid groups (broad SMARTS) is 1. The van der Waals surface area contributed by atoms with E-state index in [1.807, 2.05) is 0 Å². The molecule has 0 saturated carbocycles. The minimum Gasteiger partial charge on any atom is -0.493 e. The van der Waals surface area contributed by atoms with Crippen LogP contribution in [0.4, 0.5) is 0 Å². The molecule has 1 aromatic rings. The maximum absolute atomic E-state index is 10.9. The molecule has 1 N–H and O–H groups in total. The zero-order valence-corrected chi connectivity index (χ0v) is 12.8. The Morgan fingerprint density at radius 1 is 1.32 bits per heavy atom. The third kappa shape index (κ3) is 4.74. The van der Waals surface area contributed by atoms with Crippen LogP contribution >= 0.6 is 15.9 Å². The quantitative estimate of drug-likeness (QED) is 0.728. The van der Waals surface area contributed by atoms with Crippen molar-refractivity contribution in [3.05, 3.63) is 22.2 Å². The monoisotopic (exact) mass is 330 g/mol. The Morgan fingerprint density at radius 2 is 2.05 bits per heavy atom. The van der Waals surface area contributed by atoms with Gasteiger partial charge in [-0.3, -0.25) is 0 Å².